The summed E-state index contributed by atoms with van der Waals surface area (Å²) in [6.45, 7) is 4.16. The molecule has 88 valence electrons. The summed E-state index contributed by atoms with van der Waals surface area (Å²) in [6, 6.07) is 10.1. The Kier molecular flexibility index (Phi) is 3.25. The molecule has 0 radical (unpaired) electrons. The third-order valence-corrected chi connectivity index (χ3v) is 2.42. The molecule has 4 N–H and O–H groups in total. The molecule has 0 saturated carbocycles. The van der Waals surface area contributed by atoms with Gasteiger partial charge in [-0.3, -0.25) is 0 Å². The van der Waals surface area contributed by atoms with Crippen molar-refractivity contribution in [2.75, 3.05) is 10.7 Å². The van der Waals surface area contributed by atoms with Gasteiger partial charge in [0.25, 0.3) is 0 Å². The van der Waals surface area contributed by atoms with Crippen LogP contribution in [0.4, 0.5) is 17.2 Å². The van der Waals surface area contributed by atoms with E-state index >= 15 is 0 Å². The normalized spacial score (nSPS) is 10.1. The highest BCUT2D eigenvalue weighted by Crippen LogP contribution is 2.20. The minimum atomic E-state index is 0.638. The quantitative estimate of drug-likeness (QED) is 0.558. The molecule has 2 aromatic rings. The second-order valence-electron chi connectivity index (χ2n) is 4.08. The summed E-state index contributed by atoms with van der Waals surface area (Å²) in [5.41, 5.74) is 7.02. The number of benzene rings is 1. The number of nitrogen functional groups attached to an aromatic ring is 1. The van der Waals surface area contributed by atoms with Crippen LogP contribution in [0.5, 0.6) is 0 Å². The monoisotopic (exact) mass is 228 g/mol. The zero-order valence-corrected chi connectivity index (χ0v) is 9.99. The van der Waals surface area contributed by atoms with Crippen LogP contribution in [0, 0.1) is 13.8 Å². The van der Waals surface area contributed by atoms with Crippen molar-refractivity contribution in [1.29, 1.82) is 0 Å². The van der Waals surface area contributed by atoms with E-state index in [0.717, 1.165) is 11.4 Å². The second kappa shape index (κ2) is 4.84. The largest absolute Gasteiger partial charge is 0.355 e. The van der Waals surface area contributed by atoms with Gasteiger partial charge in [0.2, 0.25) is 0 Å². The predicted molar refractivity (Wildman–Crippen MR) is 71.2 cm³/mol. The third kappa shape index (κ3) is 2.95. The van der Waals surface area contributed by atoms with Crippen LogP contribution in [0.15, 0.2) is 36.5 Å². The van der Waals surface area contributed by atoms with Crippen molar-refractivity contribution in [2.24, 2.45) is 5.84 Å². The summed E-state index contributed by atoms with van der Waals surface area (Å²) in [7, 11) is 0. The lowest BCUT2D eigenvalue weighted by Crippen LogP contribution is -2.08. The van der Waals surface area contributed by atoms with Gasteiger partial charge in [-0.1, -0.05) is 6.07 Å². The van der Waals surface area contributed by atoms with E-state index in [2.05, 4.69) is 47.8 Å². The van der Waals surface area contributed by atoms with Crippen LogP contribution in [0.3, 0.4) is 0 Å². The third-order valence-electron chi connectivity index (χ3n) is 2.42. The molecule has 1 aromatic carbocycles. The van der Waals surface area contributed by atoms with Crippen molar-refractivity contribution >= 4 is 17.2 Å². The zero-order valence-electron chi connectivity index (χ0n) is 9.99. The maximum Gasteiger partial charge on any atom is 0.141 e. The maximum atomic E-state index is 5.32. The summed E-state index contributed by atoms with van der Waals surface area (Å²) in [5, 5.41) is 3.32. The van der Waals surface area contributed by atoms with Crippen molar-refractivity contribution in [1.82, 2.24) is 4.98 Å². The molecule has 0 atom stereocenters. The van der Waals surface area contributed by atoms with E-state index in [9.17, 15) is 0 Å². The van der Waals surface area contributed by atoms with Crippen molar-refractivity contribution in [2.45, 2.75) is 13.8 Å². The first-order chi connectivity index (χ1) is 8.17. The van der Waals surface area contributed by atoms with E-state index < -0.39 is 0 Å². The molecule has 0 spiro atoms. The molecule has 0 bridgehead atoms. The number of pyridine rings is 1. The van der Waals surface area contributed by atoms with Crippen LogP contribution in [-0.4, -0.2) is 4.98 Å². The van der Waals surface area contributed by atoms with Crippen molar-refractivity contribution < 1.29 is 0 Å². The van der Waals surface area contributed by atoms with Gasteiger partial charge in [0, 0.05) is 23.6 Å². The van der Waals surface area contributed by atoms with E-state index in [-0.39, 0.29) is 0 Å². The fraction of sp³-hybridized carbons (Fsp3) is 0.154. The van der Waals surface area contributed by atoms with Crippen molar-refractivity contribution in [3.8, 4) is 0 Å². The Morgan fingerprint density at radius 1 is 1.00 bits per heavy atom. The highest BCUT2D eigenvalue weighted by Gasteiger charge is 1.98. The molecule has 1 aromatic heterocycles. The number of hydrogen-bond acceptors (Lipinski definition) is 4. The number of nitrogens with zero attached hydrogens (tertiary/aromatic N) is 1. The van der Waals surface area contributed by atoms with Crippen LogP contribution in [0.2, 0.25) is 0 Å². The predicted octanol–water partition coefficient (Wildman–Crippen LogP) is 2.73. The van der Waals surface area contributed by atoms with Gasteiger partial charge in [-0.05, 0) is 43.2 Å². The molecular weight excluding hydrogens is 212 g/mol. The highest BCUT2D eigenvalue weighted by atomic mass is 15.2. The van der Waals surface area contributed by atoms with Gasteiger partial charge in [0.05, 0.1) is 0 Å². The second-order valence-corrected chi connectivity index (χ2v) is 4.08. The Balaban J connectivity index is 2.24. The summed E-state index contributed by atoms with van der Waals surface area (Å²) in [4.78, 5) is 4.06. The Hall–Kier alpha value is -2.07. The Morgan fingerprint density at radius 3 is 2.35 bits per heavy atom. The first-order valence-corrected chi connectivity index (χ1v) is 5.45. The SMILES string of the molecule is Cc1cc(C)cc(Nc2ccnc(NN)c2)c1. The first kappa shape index (κ1) is 11.4. The molecule has 4 nitrogen and oxygen atoms in total. The lowest BCUT2D eigenvalue weighted by Gasteiger charge is -2.09. The smallest absolute Gasteiger partial charge is 0.141 e. The lowest BCUT2D eigenvalue weighted by molar-refractivity contribution is 1.23. The molecule has 17 heavy (non-hydrogen) atoms. The molecule has 0 aliphatic rings. The van der Waals surface area contributed by atoms with Crippen LogP contribution < -0.4 is 16.6 Å². The molecule has 0 aliphatic carbocycles. The van der Waals surface area contributed by atoms with E-state index in [1.165, 1.54) is 11.1 Å². The van der Waals surface area contributed by atoms with Gasteiger partial charge in [-0.25, -0.2) is 10.8 Å². The summed E-state index contributed by atoms with van der Waals surface area (Å²) in [5.74, 6) is 5.96. The van der Waals surface area contributed by atoms with Gasteiger partial charge in [-0.2, -0.15) is 0 Å². The molecule has 2 rings (SSSR count). The standard InChI is InChI=1S/C13H16N4/c1-9-5-10(2)7-12(6-9)16-11-3-4-15-13(8-11)17-14/h3-8H,14H2,1-2H3,(H2,15,16,17). The Bertz CT molecular complexity index is 502. The first-order valence-electron chi connectivity index (χ1n) is 5.45. The van der Waals surface area contributed by atoms with Gasteiger partial charge >= 0.3 is 0 Å². The average molecular weight is 228 g/mol. The maximum absolute atomic E-state index is 5.32. The topological polar surface area (TPSA) is 63.0 Å². The molecule has 0 unspecified atom stereocenters. The minimum absolute atomic E-state index is 0.638. The number of nitrogens with one attached hydrogen (secondary N) is 2. The van der Waals surface area contributed by atoms with Crippen LogP contribution in [0.1, 0.15) is 11.1 Å². The number of aromatic nitrogens is 1. The van der Waals surface area contributed by atoms with Gasteiger partial charge in [0.15, 0.2) is 0 Å². The number of hydrogen-bond donors (Lipinski definition) is 3. The minimum Gasteiger partial charge on any atom is -0.355 e. The molecule has 0 saturated heterocycles. The van der Waals surface area contributed by atoms with Gasteiger partial charge < -0.3 is 10.7 Å². The molecular formula is C13H16N4. The molecule has 0 fully saturated rings. The summed E-state index contributed by atoms with van der Waals surface area (Å²) >= 11 is 0. The molecule has 0 aliphatic heterocycles. The van der Waals surface area contributed by atoms with Gasteiger partial charge in [0.1, 0.15) is 5.82 Å². The van der Waals surface area contributed by atoms with Crippen molar-refractivity contribution in [3.63, 3.8) is 0 Å². The fourth-order valence-corrected chi connectivity index (χ4v) is 1.80. The van der Waals surface area contributed by atoms with E-state index in [1.807, 2.05) is 12.1 Å². The molecule has 4 heteroatoms. The van der Waals surface area contributed by atoms with E-state index in [4.69, 9.17) is 5.84 Å². The lowest BCUT2D eigenvalue weighted by atomic mass is 10.1. The highest BCUT2D eigenvalue weighted by molar-refractivity contribution is 5.63. The van der Waals surface area contributed by atoms with E-state index in [0.29, 0.717) is 5.82 Å². The summed E-state index contributed by atoms with van der Waals surface area (Å²) < 4.78 is 0. The van der Waals surface area contributed by atoms with Crippen LogP contribution in [0.25, 0.3) is 0 Å². The molecule has 1 heterocycles. The fourth-order valence-electron chi connectivity index (χ4n) is 1.80. The van der Waals surface area contributed by atoms with E-state index in [1.54, 1.807) is 6.20 Å². The van der Waals surface area contributed by atoms with Crippen molar-refractivity contribution in [3.05, 3.63) is 47.7 Å². The van der Waals surface area contributed by atoms with Gasteiger partial charge in [-0.15, -0.1) is 0 Å². The number of anilines is 3. The van der Waals surface area contributed by atoms with Crippen LogP contribution in [-0.2, 0) is 0 Å². The number of aryl methyl sites for hydroxylation is 2. The Labute approximate surface area is 101 Å². The van der Waals surface area contributed by atoms with Crippen LogP contribution >= 0.6 is 0 Å². The Morgan fingerprint density at radius 2 is 1.71 bits per heavy atom. The zero-order chi connectivity index (χ0) is 12.3. The number of hydrazine groups is 1. The average Bonchev–Trinajstić information content (AvgIpc) is 2.28. The number of rotatable bonds is 3. The summed E-state index contributed by atoms with van der Waals surface area (Å²) in [6.07, 6.45) is 1.71. The number of nitrogens with two attached hydrogens (primary N) is 1. The molecule has 0 amide bonds.